The van der Waals surface area contributed by atoms with Crippen molar-refractivity contribution in [2.24, 2.45) is 0 Å². The normalized spacial score (nSPS) is 12.6. The number of rotatable bonds is 14. The average molecular weight is 633 g/mol. The molecule has 0 bridgehead atoms. The summed E-state index contributed by atoms with van der Waals surface area (Å²) in [6.45, 7) is 14.6. The summed E-state index contributed by atoms with van der Waals surface area (Å²) in [5, 5.41) is 20.5. The maximum Gasteiger partial charge on any atom is 0.333 e. The van der Waals surface area contributed by atoms with Crippen LogP contribution in [0.1, 0.15) is 49.9 Å². The van der Waals surface area contributed by atoms with Crippen LogP contribution in [0.25, 0.3) is 22.3 Å². The van der Waals surface area contributed by atoms with Gasteiger partial charge >= 0.3 is 11.9 Å². The molecule has 0 saturated heterocycles. The molecular weight excluding hydrogens is 588 g/mol. The molecule has 244 valence electrons. The lowest BCUT2D eigenvalue weighted by molar-refractivity contribution is -0.142. The number of aliphatic hydroxyl groups is 2. The fourth-order valence-corrected chi connectivity index (χ4v) is 5.24. The number of carbonyl (C=O) groups excluding carboxylic acids is 2. The SMILES string of the molecule is C=C(C)C(=O)OCC(O)Cc1ccc(-c2ccc(C(C)(C)c3ccc(-c4ccc(CC(O)COC(=O)C(=C)C)cc4)cc3)cc2)cc1. The van der Waals surface area contributed by atoms with Crippen LogP contribution in [0.5, 0.6) is 0 Å². The van der Waals surface area contributed by atoms with Crippen molar-refractivity contribution < 1.29 is 29.3 Å². The quantitative estimate of drug-likeness (QED) is 0.111. The van der Waals surface area contributed by atoms with E-state index in [2.05, 4.69) is 75.5 Å². The lowest BCUT2D eigenvalue weighted by atomic mass is 9.77. The van der Waals surface area contributed by atoms with Gasteiger partial charge in [-0.2, -0.15) is 0 Å². The van der Waals surface area contributed by atoms with Crippen molar-refractivity contribution >= 4 is 11.9 Å². The van der Waals surface area contributed by atoms with Crippen LogP contribution in [0.2, 0.25) is 0 Å². The van der Waals surface area contributed by atoms with Crippen molar-refractivity contribution in [1.29, 1.82) is 0 Å². The van der Waals surface area contributed by atoms with E-state index in [1.54, 1.807) is 13.8 Å². The molecule has 0 aliphatic carbocycles. The lowest BCUT2D eigenvalue weighted by Crippen LogP contribution is -2.21. The van der Waals surface area contributed by atoms with Crippen LogP contribution in [-0.4, -0.2) is 47.6 Å². The third kappa shape index (κ3) is 9.61. The van der Waals surface area contributed by atoms with Gasteiger partial charge in [0.25, 0.3) is 0 Å². The van der Waals surface area contributed by atoms with Crippen LogP contribution >= 0.6 is 0 Å². The molecule has 2 unspecified atom stereocenters. The third-order valence-corrected chi connectivity index (χ3v) is 8.24. The second kappa shape index (κ2) is 15.7. The molecule has 4 rings (SSSR count). The van der Waals surface area contributed by atoms with Crippen LogP contribution in [0, 0.1) is 0 Å². The Balaban J connectivity index is 1.35. The molecule has 0 aliphatic heterocycles. The van der Waals surface area contributed by atoms with Crippen LogP contribution in [0.4, 0.5) is 0 Å². The van der Waals surface area contributed by atoms with E-state index >= 15 is 0 Å². The first-order valence-electron chi connectivity index (χ1n) is 15.7. The molecule has 0 heterocycles. The lowest BCUT2D eigenvalue weighted by Gasteiger charge is -2.26. The third-order valence-electron chi connectivity index (χ3n) is 8.24. The molecule has 0 radical (unpaired) electrons. The monoisotopic (exact) mass is 632 g/mol. The van der Waals surface area contributed by atoms with E-state index in [0.29, 0.717) is 24.0 Å². The van der Waals surface area contributed by atoms with E-state index in [0.717, 1.165) is 33.4 Å². The molecule has 6 heteroatoms. The topological polar surface area (TPSA) is 93.1 Å². The molecule has 0 aliphatic rings. The second-order valence-corrected chi connectivity index (χ2v) is 12.6. The molecule has 2 atom stereocenters. The van der Waals surface area contributed by atoms with Gasteiger partial charge in [0.15, 0.2) is 0 Å². The van der Waals surface area contributed by atoms with Crippen molar-refractivity contribution in [2.75, 3.05) is 13.2 Å². The summed E-state index contributed by atoms with van der Waals surface area (Å²) < 4.78 is 10.1. The van der Waals surface area contributed by atoms with Crippen molar-refractivity contribution in [2.45, 2.75) is 58.2 Å². The average Bonchev–Trinajstić information content (AvgIpc) is 3.06. The number of esters is 2. The van der Waals surface area contributed by atoms with Gasteiger partial charge in [-0.15, -0.1) is 0 Å². The summed E-state index contributed by atoms with van der Waals surface area (Å²) in [4.78, 5) is 23.1. The molecule has 2 N–H and O–H groups in total. The van der Waals surface area contributed by atoms with Crippen molar-refractivity contribution in [3.63, 3.8) is 0 Å². The minimum absolute atomic E-state index is 0.0642. The van der Waals surface area contributed by atoms with E-state index in [1.807, 2.05) is 48.5 Å². The molecule has 0 saturated carbocycles. The minimum atomic E-state index is -0.780. The zero-order chi connectivity index (χ0) is 34.1. The number of ether oxygens (including phenoxy) is 2. The van der Waals surface area contributed by atoms with E-state index in [-0.39, 0.29) is 18.6 Å². The van der Waals surface area contributed by atoms with E-state index in [4.69, 9.17) is 9.47 Å². The van der Waals surface area contributed by atoms with Gasteiger partial charge in [0.2, 0.25) is 0 Å². The maximum atomic E-state index is 11.6. The zero-order valence-corrected chi connectivity index (χ0v) is 27.7. The molecule has 4 aromatic rings. The molecule has 4 aromatic carbocycles. The number of benzene rings is 4. The minimum Gasteiger partial charge on any atom is -0.460 e. The van der Waals surface area contributed by atoms with Gasteiger partial charge in [-0.1, -0.05) is 124 Å². The van der Waals surface area contributed by atoms with Gasteiger partial charge in [-0.3, -0.25) is 0 Å². The fraction of sp³-hybridized carbons (Fsp3) is 0.268. The Labute approximate surface area is 278 Å². The molecule has 0 fully saturated rings. The van der Waals surface area contributed by atoms with Gasteiger partial charge < -0.3 is 19.7 Å². The van der Waals surface area contributed by atoms with E-state index in [9.17, 15) is 19.8 Å². The Hall–Kier alpha value is -4.78. The number of aliphatic hydroxyl groups excluding tert-OH is 2. The Kier molecular flexibility index (Phi) is 11.7. The van der Waals surface area contributed by atoms with Gasteiger partial charge in [0.1, 0.15) is 13.2 Å². The highest BCUT2D eigenvalue weighted by Gasteiger charge is 2.23. The number of hydrogen-bond donors (Lipinski definition) is 2. The van der Waals surface area contributed by atoms with E-state index in [1.165, 1.54) is 11.1 Å². The van der Waals surface area contributed by atoms with Crippen molar-refractivity contribution in [3.8, 4) is 22.3 Å². The Morgan fingerprint density at radius 1 is 0.574 bits per heavy atom. The molecule has 0 aromatic heterocycles. The summed E-state index contributed by atoms with van der Waals surface area (Å²) in [5.74, 6) is -0.996. The first-order valence-corrected chi connectivity index (χ1v) is 15.7. The Morgan fingerprint density at radius 2 is 0.851 bits per heavy atom. The van der Waals surface area contributed by atoms with Crippen LogP contribution in [0.15, 0.2) is 121 Å². The van der Waals surface area contributed by atoms with Gasteiger partial charge in [-0.05, 0) is 58.4 Å². The highest BCUT2D eigenvalue weighted by atomic mass is 16.5. The number of hydrogen-bond acceptors (Lipinski definition) is 6. The maximum absolute atomic E-state index is 11.6. The predicted octanol–water partition coefficient (Wildman–Crippen LogP) is 7.39. The summed E-state index contributed by atoms with van der Waals surface area (Å²) in [6.07, 6.45) is -0.778. The predicted molar refractivity (Wildman–Crippen MR) is 187 cm³/mol. The largest absolute Gasteiger partial charge is 0.460 e. The smallest absolute Gasteiger partial charge is 0.333 e. The summed E-state index contributed by atoms with van der Waals surface area (Å²) in [5.41, 5.74) is 9.11. The number of carbonyl (C=O) groups is 2. The first-order chi connectivity index (χ1) is 22.3. The first kappa shape index (κ1) is 35.1. The van der Waals surface area contributed by atoms with Gasteiger partial charge in [0, 0.05) is 29.4 Å². The molecule has 47 heavy (non-hydrogen) atoms. The fourth-order valence-electron chi connectivity index (χ4n) is 5.24. The summed E-state index contributed by atoms with van der Waals surface area (Å²) in [6, 6.07) is 33.3. The molecule has 0 spiro atoms. The van der Waals surface area contributed by atoms with Gasteiger partial charge in [0.05, 0.1) is 12.2 Å². The van der Waals surface area contributed by atoms with Crippen LogP contribution < -0.4 is 0 Å². The molecule has 0 amide bonds. The van der Waals surface area contributed by atoms with E-state index < -0.39 is 24.1 Å². The highest BCUT2D eigenvalue weighted by Crippen LogP contribution is 2.34. The summed E-state index contributed by atoms with van der Waals surface area (Å²) in [7, 11) is 0. The standard InChI is InChI=1S/C41H44O6/c1-27(2)39(44)46-25-37(42)23-29-7-11-31(12-8-29)33-15-19-35(20-16-33)41(5,6)36-21-17-34(18-22-36)32-13-9-30(10-14-32)24-38(43)26-47-40(45)28(3)4/h7-22,37-38,42-43H,1,3,23-26H2,2,4-6H3. The highest BCUT2D eigenvalue weighted by molar-refractivity contribution is 5.87. The molecule has 6 nitrogen and oxygen atoms in total. The molecular formula is C41H44O6. The van der Waals surface area contributed by atoms with Crippen LogP contribution in [0.3, 0.4) is 0 Å². The van der Waals surface area contributed by atoms with Gasteiger partial charge in [-0.25, -0.2) is 9.59 Å². The second-order valence-electron chi connectivity index (χ2n) is 12.6. The summed E-state index contributed by atoms with van der Waals surface area (Å²) >= 11 is 0. The van der Waals surface area contributed by atoms with Crippen molar-refractivity contribution in [1.82, 2.24) is 0 Å². The Bertz CT molecular complexity index is 1550. The van der Waals surface area contributed by atoms with Crippen LogP contribution in [-0.2, 0) is 37.3 Å². The Morgan fingerprint density at radius 3 is 1.13 bits per heavy atom. The zero-order valence-electron chi connectivity index (χ0n) is 27.7. The van der Waals surface area contributed by atoms with Crippen molar-refractivity contribution in [3.05, 3.63) is 144 Å².